The zero-order chi connectivity index (χ0) is 15.0. The van der Waals surface area contributed by atoms with Crippen molar-refractivity contribution in [2.24, 2.45) is 0 Å². The van der Waals surface area contributed by atoms with E-state index in [0.29, 0.717) is 16.7 Å². The Morgan fingerprint density at radius 3 is 2.48 bits per heavy atom. The minimum absolute atomic E-state index is 0.161. The van der Waals surface area contributed by atoms with Gasteiger partial charge in [0.2, 0.25) is 0 Å². The zero-order valence-corrected chi connectivity index (χ0v) is 11.2. The van der Waals surface area contributed by atoms with Gasteiger partial charge in [-0.2, -0.15) is 5.10 Å². The van der Waals surface area contributed by atoms with Gasteiger partial charge in [0.05, 0.1) is 16.8 Å². The van der Waals surface area contributed by atoms with Crippen LogP contribution in [0.1, 0.15) is 5.56 Å². The number of nitrogens with one attached hydrogen (secondary N) is 1. The maximum Gasteiger partial charge on any atom is 0.153 e. The van der Waals surface area contributed by atoms with Gasteiger partial charge in [0.25, 0.3) is 0 Å². The highest BCUT2D eigenvalue weighted by Crippen LogP contribution is 2.37. The van der Waals surface area contributed by atoms with E-state index in [1.54, 1.807) is 31.5 Å². The van der Waals surface area contributed by atoms with Crippen LogP contribution in [0.4, 0.5) is 14.6 Å². The normalized spacial score (nSPS) is 10.8. The summed E-state index contributed by atoms with van der Waals surface area (Å²) in [5.41, 5.74) is 7.39. The molecule has 2 heterocycles. The van der Waals surface area contributed by atoms with Crippen LogP contribution < -0.4 is 5.73 Å². The largest absolute Gasteiger partial charge is 0.382 e. The van der Waals surface area contributed by atoms with Crippen LogP contribution >= 0.6 is 0 Å². The molecule has 106 valence electrons. The van der Waals surface area contributed by atoms with Crippen molar-refractivity contribution in [2.75, 3.05) is 5.73 Å². The van der Waals surface area contributed by atoms with Crippen molar-refractivity contribution in [3.8, 4) is 22.4 Å². The fraction of sp³-hybridized carbons (Fsp3) is 0.0667. The summed E-state index contributed by atoms with van der Waals surface area (Å²) in [6.07, 6.45) is 3.16. The second kappa shape index (κ2) is 4.97. The minimum Gasteiger partial charge on any atom is -0.382 e. The van der Waals surface area contributed by atoms with E-state index in [2.05, 4.69) is 15.2 Å². The van der Waals surface area contributed by atoms with E-state index in [1.807, 2.05) is 0 Å². The lowest BCUT2D eigenvalue weighted by Gasteiger charge is -2.08. The molecule has 0 bridgehead atoms. The molecule has 2 aromatic heterocycles. The third-order valence-corrected chi connectivity index (χ3v) is 3.30. The fourth-order valence-electron chi connectivity index (χ4n) is 2.23. The quantitative estimate of drug-likeness (QED) is 0.759. The molecule has 3 rings (SSSR count). The minimum atomic E-state index is -0.669. The van der Waals surface area contributed by atoms with Gasteiger partial charge in [0.1, 0.15) is 11.6 Å². The molecule has 0 fully saturated rings. The van der Waals surface area contributed by atoms with Gasteiger partial charge >= 0.3 is 0 Å². The maximum absolute atomic E-state index is 14.3. The summed E-state index contributed by atoms with van der Waals surface area (Å²) < 4.78 is 28.4. The van der Waals surface area contributed by atoms with E-state index < -0.39 is 11.6 Å². The molecule has 4 nitrogen and oxygen atoms in total. The summed E-state index contributed by atoms with van der Waals surface area (Å²) in [5, 5.41) is 6.50. The van der Waals surface area contributed by atoms with Gasteiger partial charge in [0.15, 0.2) is 5.82 Å². The lowest BCUT2D eigenvalue weighted by atomic mass is 9.99. The van der Waals surface area contributed by atoms with Crippen LogP contribution in [-0.2, 0) is 0 Å². The number of benzene rings is 1. The first-order chi connectivity index (χ1) is 10.1. The molecule has 0 unspecified atom stereocenters. The number of nitrogens with zero attached hydrogens (tertiary/aromatic N) is 2. The molecule has 0 radical (unpaired) electrons. The monoisotopic (exact) mass is 286 g/mol. The molecule has 6 heteroatoms. The predicted octanol–water partition coefficient (Wildman–Crippen LogP) is 3.31. The van der Waals surface area contributed by atoms with Gasteiger partial charge in [-0.3, -0.25) is 10.1 Å². The lowest BCUT2D eigenvalue weighted by Crippen LogP contribution is -1.96. The summed E-state index contributed by atoms with van der Waals surface area (Å²) in [6, 6.07) is 6.02. The van der Waals surface area contributed by atoms with Gasteiger partial charge < -0.3 is 5.73 Å². The lowest BCUT2D eigenvalue weighted by molar-refractivity contribution is 0.583. The SMILES string of the molecule is Cc1ccc(F)c(-c2[nH]nc(N)c2-c2ccncc2)c1F. The number of halogens is 2. The molecule has 0 saturated heterocycles. The van der Waals surface area contributed by atoms with E-state index in [-0.39, 0.29) is 17.1 Å². The molecule has 0 aliphatic heterocycles. The average molecular weight is 286 g/mol. The Balaban J connectivity index is 2.30. The number of nitrogens with two attached hydrogens (primary N) is 1. The zero-order valence-electron chi connectivity index (χ0n) is 11.2. The summed E-state index contributed by atoms with van der Waals surface area (Å²) in [5.74, 6) is -1.12. The van der Waals surface area contributed by atoms with Crippen LogP contribution in [0.5, 0.6) is 0 Å². The van der Waals surface area contributed by atoms with Crippen LogP contribution in [0.15, 0.2) is 36.7 Å². The number of hydrogen-bond acceptors (Lipinski definition) is 3. The average Bonchev–Trinajstić information content (AvgIpc) is 2.86. The first-order valence-corrected chi connectivity index (χ1v) is 6.28. The Labute approximate surface area is 119 Å². The van der Waals surface area contributed by atoms with Gasteiger partial charge in [-0.05, 0) is 36.2 Å². The second-order valence-corrected chi connectivity index (χ2v) is 4.65. The highest BCUT2D eigenvalue weighted by atomic mass is 19.1. The molecule has 0 atom stereocenters. The molecule has 1 aromatic carbocycles. The van der Waals surface area contributed by atoms with E-state index in [1.165, 1.54) is 12.1 Å². The summed E-state index contributed by atoms with van der Waals surface area (Å²) in [7, 11) is 0. The Bertz CT molecular complexity index is 797. The standard InChI is InChI=1S/C15H12F2N4/c1-8-2-3-10(16)12(13(8)17)14-11(15(18)21-20-14)9-4-6-19-7-5-9/h2-7H,1H3,(H3,18,20,21). The van der Waals surface area contributed by atoms with Crippen LogP contribution in [-0.4, -0.2) is 15.2 Å². The molecule has 0 amide bonds. The van der Waals surface area contributed by atoms with Crippen LogP contribution in [0.3, 0.4) is 0 Å². The van der Waals surface area contributed by atoms with Crippen LogP contribution in [0, 0.1) is 18.6 Å². The Hall–Kier alpha value is -2.76. The van der Waals surface area contributed by atoms with Crippen molar-refractivity contribution in [3.05, 3.63) is 53.9 Å². The van der Waals surface area contributed by atoms with Crippen molar-refractivity contribution in [3.63, 3.8) is 0 Å². The van der Waals surface area contributed by atoms with E-state index >= 15 is 0 Å². The Kier molecular flexibility index (Phi) is 3.13. The summed E-state index contributed by atoms with van der Waals surface area (Å²) in [4.78, 5) is 3.92. The Morgan fingerprint density at radius 2 is 1.76 bits per heavy atom. The summed E-state index contributed by atoms with van der Waals surface area (Å²) >= 11 is 0. The number of aromatic nitrogens is 3. The number of rotatable bonds is 2. The number of aryl methyl sites for hydroxylation is 1. The van der Waals surface area contributed by atoms with E-state index in [9.17, 15) is 8.78 Å². The Morgan fingerprint density at radius 1 is 1.05 bits per heavy atom. The number of aromatic amines is 1. The first kappa shape index (κ1) is 13.2. The molecule has 21 heavy (non-hydrogen) atoms. The molecule has 3 aromatic rings. The van der Waals surface area contributed by atoms with E-state index in [0.717, 1.165) is 0 Å². The van der Waals surface area contributed by atoms with Crippen molar-refractivity contribution in [2.45, 2.75) is 6.92 Å². The maximum atomic E-state index is 14.3. The predicted molar refractivity (Wildman–Crippen MR) is 76.3 cm³/mol. The number of pyridine rings is 1. The highest BCUT2D eigenvalue weighted by Gasteiger charge is 2.21. The first-order valence-electron chi connectivity index (χ1n) is 6.28. The number of anilines is 1. The second-order valence-electron chi connectivity index (χ2n) is 4.65. The van der Waals surface area contributed by atoms with Crippen molar-refractivity contribution in [1.82, 2.24) is 15.2 Å². The molecule has 0 spiro atoms. The van der Waals surface area contributed by atoms with Gasteiger partial charge in [0, 0.05) is 12.4 Å². The molecular formula is C15H12F2N4. The van der Waals surface area contributed by atoms with Crippen molar-refractivity contribution < 1.29 is 8.78 Å². The number of H-pyrrole nitrogens is 1. The molecule has 0 aliphatic rings. The van der Waals surface area contributed by atoms with Crippen LogP contribution in [0.25, 0.3) is 22.4 Å². The molecule has 0 saturated carbocycles. The third kappa shape index (κ3) is 2.14. The third-order valence-electron chi connectivity index (χ3n) is 3.30. The fourth-order valence-corrected chi connectivity index (χ4v) is 2.23. The van der Waals surface area contributed by atoms with Crippen molar-refractivity contribution >= 4 is 5.82 Å². The van der Waals surface area contributed by atoms with Gasteiger partial charge in [-0.1, -0.05) is 6.07 Å². The molecule has 0 aliphatic carbocycles. The molecular weight excluding hydrogens is 274 g/mol. The topological polar surface area (TPSA) is 67.6 Å². The number of hydrogen-bond donors (Lipinski definition) is 2. The van der Waals surface area contributed by atoms with Crippen molar-refractivity contribution in [1.29, 1.82) is 0 Å². The van der Waals surface area contributed by atoms with Crippen LogP contribution in [0.2, 0.25) is 0 Å². The number of nitrogen functional groups attached to an aromatic ring is 1. The highest BCUT2D eigenvalue weighted by molar-refractivity contribution is 5.88. The van der Waals surface area contributed by atoms with Gasteiger partial charge in [-0.15, -0.1) is 0 Å². The van der Waals surface area contributed by atoms with Gasteiger partial charge in [-0.25, -0.2) is 8.78 Å². The molecule has 3 N–H and O–H groups in total. The smallest absolute Gasteiger partial charge is 0.153 e. The van der Waals surface area contributed by atoms with E-state index in [4.69, 9.17) is 5.73 Å². The summed E-state index contributed by atoms with van der Waals surface area (Å²) in [6.45, 7) is 1.57.